The fourth-order valence-electron chi connectivity index (χ4n) is 1.22. The van der Waals surface area contributed by atoms with Gasteiger partial charge in [-0.25, -0.2) is 0 Å². The van der Waals surface area contributed by atoms with Crippen LogP contribution < -0.4 is 0 Å². The van der Waals surface area contributed by atoms with E-state index in [0.717, 1.165) is 0 Å². The quantitative estimate of drug-likeness (QED) is 0.545. The zero-order chi connectivity index (χ0) is 8.43. The van der Waals surface area contributed by atoms with Gasteiger partial charge in [0, 0.05) is 13.5 Å². The summed E-state index contributed by atoms with van der Waals surface area (Å²) in [4.78, 5) is 0. The molecule has 0 radical (unpaired) electrons. The van der Waals surface area contributed by atoms with Crippen molar-refractivity contribution in [3.63, 3.8) is 0 Å². The second kappa shape index (κ2) is 3.49. The van der Waals surface area contributed by atoms with E-state index in [1.807, 2.05) is 6.92 Å². The predicted octanol–water partition coefficient (Wildman–Crippen LogP) is -0.510. The van der Waals surface area contributed by atoms with Crippen LogP contribution >= 0.6 is 0 Å². The second-order valence-corrected chi connectivity index (χ2v) is 2.84. The second-order valence-electron chi connectivity index (χ2n) is 2.84. The maximum atomic E-state index is 9.26. The van der Waals surface area contributed by atoms with Crippen molar-refractivity contribution in [2.75, 3.05) is 7.11 Å². The average Bonchev–Trinajstić information content (AvgIpc) is 1.96. The van der Waals surface area contributed by atoms with E-state index in [0.29, 0.717) is 6.42 Å². The van der Waals surface area contributed by atoms with Crippen LogP contribution in [0, 0.1) is 0 Å². The van der Waals surface area contributed by atoms with Crippen molar-refractivity contribution in [2.45, 2.75) is 37.9 Å². The van der Waals surface area contributed by atoms with Crippen LogP contribution in [-0.4, -0.2) is 41.9 Å². The lowest BCUT2D eigenvalue weighted by molar-refractivity contribution is -0.254. The molecule has 0 amide bonds. The van der Waals surface area contributed by atoms with E-state index in [1.54, 1.807) is 0 Å². The summed E-state index contributed by atoms with van der Waals surface area (Å²) in [6.45, 7) is 1.83. The largest absolute Gasteiger partial charge is 0.390 e. The molecule has 66 valence electrons. The van der Waals surface area contributed by atoms with Crippen molar-refractivity contribution in [2.24, 2.45) is 0 Å². The van der Waals surface area contributed by atoms with Gasteiger partial charge in [-0.05, 0) is 6.92 Å². The molecular formula is C7H14O4. The molecule has 1 aliphatic rings. The fraction of sp³-hybridized carbons (Fsp3) is 1.00. The van der Waals surface area contributed by atoms with Gasteiger partial charge in [-0.15, -0.1) is 0 Å². The first kappa shape index (κ1) is 8.93. The van der Waals surface area contributed by atoms with Crippen molar-refractivity contribution in [1.29, 1.82) is 0 Å². The SMILES string of the molecule is CO[C@@H]1O[C@H](C)C[C@@H](O)[C@H]1O. The monoisotopic (exact) mass is 162 g/mol. The lowest BCUT2D eigenvalue weighted by Gasteiger charge is -2.34. The number of aliphatic hydroxyl groups excluding tert-OH is 2. The Bertz CT molecular complexity index is 128. The molecule has 1 aliphatic heterocycles. The molecule has 0 aliphatic carbocycles. The molecule has 0 spiro atoms. The van der Waals surface area contributed by atoms with E-state index in [-0.39, 0.29) is 6.10 Å². The Morgan fingerprint density at radius 2 is 2.09 bits per heavy atom. The smallest absolute Gasteiger partial charge is 0.185 e. The molecule has 4 nitrogen and oxygen atoms in total. The number of ether oxygens (including phenoxy) is 2. The first-order chi connectivity index (χ1) is 5.15. The molecule has 0 unspecified atom stereocenters. The Kier molecular flexibility index (Phi) is 2.84. The van der Waals surface area contributed by atoms with E-state index < -0.39 is 18.5 Å². The molecule has 11 heavy (non-hydrogen) atoms. The zero-order valence-electron chi connectivity index (χ0n) is 6.73. The van der Waals surface area contributed by atoms with Crippen LogP contribution in [0.5, 0.6) is 0 Å². The maximum Gasteiger partial charge on any atom is 0.185 e. The highest BCUT2D eigenvalue weighted by molar-refractivity contribution is 4.78. The summed E-state index contributed by atoms with van der Waals surface area (Å²) in [7, 11) is 1.44. The van der Waals surface area contributed by atoms with Gasteiger partial charge in [0.1, 0.15) is 6.10 Å². The van der Waals surface area contributed by atoms with Crippen LogP contribution in [0.2, 0.25) is 0 Å². The fourth-order valence-corrected chi connectivity index (χ4v) is 1.22. The molecule has 2 N–H and O–H groups in total. The normalized spacial score (nSPS) is 45.8. The third kappa shape index (κ3) is 1.90. The van der Waals surface area contributed by atoms with Crippen LogP contribution in [0.25, 0.3) is 0 Å². The van der Waals surface area contributed by atoms with Crippen LogP contribution in [0.4, 0.5) is 0 Å². The van der Waals surface area contributed by atoms with E-state index >= 15 is 0 Å². The van der Waals surface area contributed by atoms with Crippen LogP contribution in [0.3, 0.4) is 0 Å². The molecule has 4 atom stereocenters. The van der Waals surface area contributed by atoms with Gasteiger partial charge in [0.25, 0.3) is 0 Å². The molecule has 0 aromatic carbocycles. The highest BCUT2D eigenvalue weighted by Gasteiger charge is 2.34. The summed E-state index contributed by atoms with van der Waals surface area (Å²) >= 11 is 0. The number of hydrogen-bond acceptors (Lipinski definition) is 4. The minimum absolute atomic E-state index is 0.0571. The Balaban J connectivity index is 2.51. The molecule has 1 heterocycles. The molecule has 0 aromatic heterocycles. The molecule has 0 saturated carbocycles. The first-order valence-electron chi connectivity index (χ1n) is 3.69. The Morgan fingerprint density at radius 1 is 1.45 bits per heavy atom. The zero-order valence-corrected chi connectivity index (χ0v) is 6.73. The third-order valence-electron chi connectivity index (χ3n) is 1.85. The van der Waals surface area contributed by atoms with Crippen molar-refractivity contribution >= 4 is 0 Å². The van der Waals surface area contributed by atoms with Crippen molar-refractivity contribution < 1.29 is 19.7 Å². The maximum absolute atomic E-state index is 9.26. The summed E-state index contributed by atoms with van der Waals surface area (Å²) in [5.41, 5.74) is 0. The third-order valence-corrected chi connectivity index (χ3v) is 1.85. The summed E-state index contributed by atoms with van der Waals surface area (Å²) < 4.78 is 10.00. The van der Waals surface area contributed by atoms with Gasteiger partial charge in [-0.3, -0.25) is 0 Å². The Morgan fingerprint density at radius 3 is 2.64 bits per heavy atom. The van der Waals surface area contributed by atoms with Crippen molar-refractivity contribution in [3.05, 3.63) is 0 Å². The van der Waals surface area contributed by atoms with Gasteiger partial charge in [0.05, 0.1) is 12.2 Å². The first-order valence-corrected chi connectivity index (χ1v) is 3.69. The van der Waals surface area contributed by atoms with Crippen molar-refractivity contribution in [3.8, 4) is 0 Å². The summed E-state index contributed by atoms with van der Waals surface area (Å²) in [6.07, 6.45) is -1.94. The number of methoxy groups -OCH3 is 1. The van der Waals surface area contributed by atoms with Gasteiger partial charge in [-0.1, -0.05) is 0 Å². The van der Waals surface area contributed by atoms with Gasteiger partial charge >= 0.3 is 0 Å². The number of aliphatic hydroxyl groups is 2. The molecule has 0 bridgehead atoms. The lowest BCUT2D eigenvalue weighted by atomic mass is 10.0. The van der Waals surface area contributed by atoms with Crippen molar-refractivity contribution in [1.82, 2.24) is 0 Å². The summed E-state index contributed by atoms with van der Waals surface area (Å²) in [5, 5.41) is 18.5. The minimum atomic E-state index is -0.920. The molecule has 1 fully saturated rings. The van der Waals surface area contributed by atoms with E-state index in [1.165, 1.54) is 7.11 Å². The highest BCUT2D eigenvalue weighted by Crippen LogP contribution is 2.19. The topological polar surface area (TPSA) is 58.9 Å². The Hall–Kier alpha value is -0.160. The van der Waals surface area contributed by atoms with Crippen LogP contribution in [-0.2, 0) is 9.47 Å². The van der Waals surface area contributed by atoms with Crippen LogP contribution in [0.1, 0.15) is 13.3 Å². The molecular weight excluding hydrogens is 148 g/mol. The standard InChI is InChI=1S/C7H14O4/c1-4-3-5(8)6(9)7(10-2)11-4/h4-9H,3H2,1-2H3/t4-,5-,6-,7-/m1/s1. The van der Waals surface area contributed by atoms with Gasteiger partial charge in [0.2, 0.25) is 0 Å². The van der Waals surface area contributed by atoms with Gasteiger partial charge < -0.3 is 19.7 Å². The molecule has 1 rings (SSSR count). The van der Waals surface area contributed by atoms with E-state index in [4.69, 9.17) is 9.47 Å². The van der Waals surface area contributed by atoms with Gasteiger partial charge in [0.15, 0.2) is 6.29 Å². The van der Waals surface area contributed by atoms with Crippen LogP contribution in [0.15, 0.2) is 0 Å². The van der Waals surface area contributed by atoms with E-state index in [2.05, 4.69) is 0 Å². The molecule has 4 heteroatoms. The minimum Gasteiger partial charge on any atom is -0.390 e. The molecule has 0 aromatic rings. The lowest BCUT2D eigenvalue weighted by Crippen LogP contribution is -2.48. The number of hydrogen-bond donors (Lipinski definition) is 2. The molecule has 1 saturated heterocycles. The highest BCUT2D eigenvalue weighted by atomic mass is 16.7. The summed E-state index contributed by atoms with van der Waals surface area (Å²) in [6, 6.07) is 0. The Labute approximate surface area is 65.7 Å². The number of rotatable bonds is 1. The van der Waals surface area contributed by atoms with Gasteiger partial charge in [-0.2, -0.15) is 0 Å². The summed E-state index contributed by atoms with van der Waals surface area (Å²) in [5.74, 6) is 0. The average molecular weight is 162 g/mol. The predicted molar refractivity (Wildman–Crippen MR) is 38.0 cm³/mol. The van der Waals surface area contributed by atoms with E-state index in [9.17, 15) is 10.2 Å².